The minimum atomic E-state index is 0.654. The van der Waals surface area contributed by atoms with E-state index in [0.717, 1.165) is 30.2 Å². The lowest BCUT2D eigenvalue weighted by molar-refractivity contribution is 0.756. The van der Waals surface area contributed by atoms with Gasteiger partial charge in [-0.05, 0) is 25.4 Å². The van der Waals surface area contributed by atoms with Gasteiger partial charge in [0.1, 0.15) is 17.5 Å². The van der Waals surface area contributed by atoms with Crippen molar-refractivity contribution in [3.05, 3.63) is 11.3 Å². The number of aromatic nitrogens is 2. The van der Waals surface area contributed by atoms with Gasteiger partial charge in [0, 0.05) is 13.6 Å². The third-order valence-corrected chi connectivity index (χ3v) is 2.85. The van der Waals surface area contributed by atoms with Crippen LogP contribution in [0, 0.1) is 18.3 Å². The van der Waals surface area contributed by atoms with Crippen molar-refractivity contribution in [2.75, 3.05) is 23.9 Å². The summed E-state index contributed by atoms with van der Waals surface area (Å²) >= 11 is 1.83. The Kier molecular flexibility index (Phi) is 4.50. The van der Waals surface area contributed by atoms with Crippen molar-refractivity contribution in [2.45, 2.75) is 13.3 Å². The molecule has 1 aromatic heterocycles. The molecule has 0 fully saturated rings. The van der Waals surface area contributed by atoms with E-state index < -0.39 is 0 Å². The van der Waals surface area contributed by atoms with Crippen molar-refractivity contribution in [3.63, 3.8) is 0 Å². The molecule has 0 saturated carbocycles. The zero-order chi connectivity index (χ0) is 11.3. The average molecular weight is 224 g/mol. The van der Waals surface area contributed by atoms with E-state index in [1.165, 1.54) is 0 Å². The van der Waals surface area contributed by atoms with E-state index in [1.54, 1.807) is 4.68 Å². The molecular weight excluding hydrogens is 208 g/mol. The Labute approximate surface area is 94.7 Å². The molecule has 0 aliphatic heterocycles. The van der Waals surface area contributed by atoms with Gasteiger partial charge in [-0.15, -0.1) is 0 Å². The monoisotopic (exact) mass is 224 g/mol. The van der Waals surface area contributed by atoms with Crippen LogP contribution in [-0.2, 0) is 7.05 Å². The topological polar surface area (TPSA) is 53.6 Å². The van der Waals surface area contributed by atoms with Gasteiger partial charge >= 0.3 is 0 Å². The number of nitrogens with zero attached hydrogens (tertiary/aromatic N) is 3. The molecule has 0 bridgehead atoms. The summed E-state index contributed by atoms with van der Waals surface area (Å²) in [5.41, 5.74) is 1.44. The molecule has 0 spiro atoms. The summed E-state index contributed by atoms with van der Waals surface area (Å²) in [6.07, 6.45) is 3.19. The van der Waals surface area contributed by atoms with Gasteiger partial charge in [0.25, 0.3) is 0 Å². The summed E-state index contributed by atoms with van der Waals surface area (Å²) < 4.78 is 1.73. The quantitative estimate of drug-likeness (QED) is 0.774. The Morgan fingerprint density at radius 2 is 2.33 bits per heavy atom. The molecule has 0 radical (unpaired) electrons. The summed E-state index contributed by atoms with van der Waals surface area (Å²) in [5.74, 6) is 1.96. The van der Waals surface area contributed by atoms with Gasteiger partial charge in [-0.2, -0.15) is 22.1 Å². The third-order valence-electron chi connectivity index (χ3n) is 2.15. The zero-order valence-electron chi connectivity index (χ0n) is 9.37. The lowest BCUT2D eigenvalue weighted by Gasteiger charge is -2.05. The van der Waals surface area contributed by atoms with Crippen molar-refractivity contribution in [1.29, 1.82) is 5.26 Å². The number of thioether (sulfide) groups is 1. The number of aryl methyl sites for hydroxylation is 2. The van der Waals surface area contributed by atoms with E-state index >= 15 is 0 Å². The summed E-state index contributed by atoms with van der Waals surface area (Å²) in [6.45, 7) is 2.74. The fraction of sp³-hybridized carbons (Fsp3) is 0.600. The molecule has 1 heterocycles. The van der Waals surface area contributed by atoms with E-state index in [1.807, 2.05) is 25.7 Å². The number of rotatable bonds is 5. The number of nitrogens with one attached hydrogen (secondary N) is 1. The third kappa shape index (κ3) is 2.90. The highest BCUT2D eigenvalue weighted by atomic mass is 32.2. The maximum Gasteiger partial charge on any atom is 0.142 e. The maximum absolute atomic E-state index is 8.97. The molecule has 0 atom stereocenters. The van der Waals surface area contributed by atoms with Crippen LogP contribution in [0.1, 0.15) is 17.7 Å². The van der Waals surface area contributed by atoms with Crippen LogP contribution in [0.2, 0.25) is 0 Å². The van der Waals surface area contributed by atoms with Crippen molar-refractivity contribution in [2.24, 2.45) is 7.05 Å². The SMILES string of the molecule is CSCCCNc1c(C#N)c(C)nn1C. The van der Waals surface area contributed by atoms with Gasteiger partial charge in [0.05, 0.1) is 5.69 Å². The largest absolute Gasteiger partial charge is 0.369 e. The molecule has 1 aromatic rings. The molecule has 1 rings (SSSR count). The first-order chi connectivity index (χ1) is 7.20. The van der Waals surface area contributed by atoms with Gasteiger partial charge in [-0.25, -0.2) is 0 Å². The second kappa shape index (κ2) is 5.66. The molecule has 0 saturated heterocycles. The number of hydrogen-bond donors (Lipinski definition) is 1. The van der Waals surface area contributed by atoms with Crippen molar-refractivity contribution in [3.8, 4) is 6.07 Å². The van der Waals surface area contributed by atoms with Gasteiger partial charge < -0.3 is 5.32 Å². The molecule has 15 heavy (non-hydrogen) atoms. The molecule has 0 aromatic carbocycles. The van der Waals surface area contributed by atoms with Crippen molar-refractivity contribution in [1.82, 2.24) is 9.78 Å². The maximum atomic E-state index is 8.97. The predicted octanol–water partition coefficient (Wildman–Crippen LogP) is 1.77. The van der Waals surface area contributed by atoms with Gasteiger partial charge in [0.2, 0.25) is 0 Å². The normalized spacial score (nSPS) is 10.0. The highest BCUT2D eigenvalue weighted by Gasteiger charge is 2.11. The zero-order valence-corrected chi connectivity index (χ0v) is 10.2. The average Bonchev–Trinajstić information content (AvgIpc) is 2.48. The summed E-state index contributed by atoms with van der Waals surface area (Å²) in [5, 5.41) is 16.4. The minimum Gasteiger partial charge on any atom is -0.369 e. The number of anilines is 1. The van der Waals surface area contributed by atoms with Gasteiger partial charge in [0.15, 0.2) is 0 Å². The summed E-state index contributed by atoms with van der Waals surface area (Å²) in [6, 6.07) is 2.17. The first kappa shape index (κ1) is 11.9. The number of hydrogen-bond acceptors (Lipinski definition) is 4. The van der Waals surface area contributed by atoms with Crippen LogP contribution in [0.5, 0.6) is 0 Å². The Morgan fingerprint density at radius 1 is 1.60 bits per heavy atom. The Morgan fingerprint density at radius 3 is 2.93 bits per heavy atom. The van der Waals surface area contributed by atoms with Gasteiger partial charge in [-0.1, -0.05) is 0 Å². The summed E-state index contributed by atoms with van der Waals surface area (Å²) in [7, 11) is 1.85. The first-order valence-electron chi connectivity index (χ1n) is 4.87. The Hall–Kier alpha value is -1.15. The van der Waals surface area contributed by atoms with E-state index in [2.05, 4.69) is 22.7 Å². The highest BCUT2D eigenvalue weighted by molar-refractivity contribution is 7.98. The van der Waals surface area contributed by atoms with E-state index in [4.69, 9.17) is 5.26 Å². The van der Waals surface area contributed by atoms with Crippen LogP contribution in [0.15, 0.2) is 0 Å². The van der Waals surface area contributed by atoms with Crippen molar-refractivity contribution < 1.29 is 0 Å². The fourth-order valence-corrected chi connectivity index (χ4v) is 1.85. The van der Waals surface area contributed by atoms with E-state index in [9.17, 15) is 0 Å². The summed E-state index contributed by atoms with van der Waals surface area (Å²) in [4.78, 5) is 0. The van der Waals surface area contributed by atoms with Crippen LogP contribution in [0.3, 0.4) is 0 Å². The molecule has 0 amide bonds. The smallest absolute Gasteiger partial charge is 0.142 e. The first-order valence-corrected chi connectivity index (χ1v) is 6.26. The Balaban J connectivity index is 2.64. The van der Waals surface area contributed by atoms with Crippen LogP contribution < -0.4 is 5.32 Å². The molecule has 4 nitrogen and oxygen atoms in total. The van der Waals surface area contributed by atoms with Crippen LogP contribution in [0.25, 0.3) is 0 Å². The lowest BCUT2D eigenvalue weighted by Crippen LogP contribution is -2.08. The molecule has 1 N–H and O–H groups in total. The molecular formula is C10H16N4S. The van der Waals surface area contributed by atoms with Crippen molar-refractivity contribution >= 4 is 17.6 Å². The lowest BCUT2D eigenvalue weighted by atomic mass is 10.2. The van der Waals surface area contributed by atoms with E-state index in [-0.39, 0.29) is 0 Å². The minimum absolute atomic E-state index is 0.654. The molecule has 82 valence electrons. The molecule has 5 heteroatoms. The van der Waals surface area contributed by atoms with E-state index in [0.29, 0.717) is 5.56 Å². The molecule has 0 aliphatic carbocycles. The highest BCUT2D eigenvalue weighted by Crippen LogP contribution is 2.17. The Bertz CT molecular complexity index is 364. The molecule has 0 aliphatic rings. The predicted molar refractivity (Wildman–Crippen MR) is 64.1 cm³/mol. The van der Waals surface area contributed by atoms with Crippen LogP contribution in [0.4, 0.5) is 5.82 Å². The molecule has 0 unspecified atom stereocenters. The second-order valence-corrected chi connectivity index (χ2v) is 4.30. The number of nitriles is 1. The van der Waals surface area contributed by atoms with Crippen LogP contribution >= 0.6 is 11.8 Å². The van der Waals surface area contributed by atoms with Crippen LogP contribution in [-0.4, -0.2) is 28.3 Å². The standard InChI is InChI=1S/C10H16N4S/c1-8-9(7-11)10(14(2)13-8)12-5-4-6-15-3/h12H,4-6H2,1-3H3. The second-order valence-electron chi connectivity index (χ2n) is 3.32. The van der Waals surface area contributed by atoms with Gasteiger partial charge in [-0.3, -0.25) is 4.68 Å². The fourth-order valence-electron chi connectivity index (χ4n) is 1.42.